The van der Waals surface area contributed by atoms with Crippen LogP contribution < -0.4 is 0 Å². The monoisotopic (exact) mass is 288 g/mol. The van der Waals surface area contributed by atoms with E-state index in [0.29, 0.717) is 12.5 Å². The van der Waals surface area contributed by atoms with E-state index in [-0.39, 0.29) is 11.7 Å². The van der Waals surface area contributed by atoms with Crippen LogP contribution in [0.1, 0.15) is 40.1 Å². The number of carbonyl (C=O) groups excluding carboxylic acids is 1. The first-order valence-electron chi connectivity index (χ1n) is 6.72. The third-order valence-corrected chi connectivity index (χ3v) is 4.58. The van der Waals surface area contributed by atoms with Crippen LogP contribution in [0.4, 0.5) is 0 Å². The van der Waals surface area contributed by atoms with Crippen LogP contribution >= 0.6 is 11.3 Å². The molecule has 0 spiro atoms. The molecule has 104 valence electrons. The summed E-state index contributed by atoms with van der Waals surface area (Å²) >= 11 is 1.69. The lowest BCUT2D eigenvalue weighted by molar-refractivity contribution is 0.0694. The molecule has 2 aromatic heterocycles. The lowest BCUT2D eigenvalue weighted by Gasteiger charge is -2.31. The van der Waals surface area contributed by atoms with E-state index in [2.05, 4.69) is 20.3 Å². The minimum absolute atomic E-state index is 0.0800. The Balaban J connectivity index is 1.74. The first kappa shape index (κ1) is 13.2. The summed E-state index contributed by atoms with van der Waals surface area (Å²) in [5.41, 5.74) is 1.06. The molecular formula is C14H16N4OS. The predicted octanol–water partition coefficient (Wildman–Crippen LogP) is 2.26. The Kier molecular flexibility index (Phi) is 3.73. The average Bonchev–Trinajstić information content (AvgIpc) is 2.94. The second-order valence-corrected chi connectivity index (χ2v) is 5.88. The zero-order chi connectivity index (χ0) is 13.9. The number of hydrogen-bond acceptors (Lipinski definition) is 5. The Morgan fingerprint density at radius 2 is 2.20 bits per heavy atom. The summed E-state index contributed by atoms with van der Waals surface area (Å²) in [4.78, 5) is 26.8. The van der Waals surface area contributed by atoms with Crippen LogP contribution in [0.2, 0.25) is 0 Å². The van der Waals surface area contributed by atoms with E-state index in [1.165, 1.54) is 0 Å². The van der Waals surface area contributed by atoms with E-state index in [1.807, 2.05) is 11.8 Å². The van der Waals surface area contributed by atoms with Gasteiger partial charge < -0.3 is 4.90 Å². The number of carbonyl (C=O) groups is 1. The van der Waals surface area contributed by atoms with Gasteiger partial charge in [-0.05, 0) is 25.8 Å². The molecule has 20 heavy (non-hydrogen) atoms. The second-order valence-electron chi connectivity index (χ2n) is 4.99. The number of hydrogen-bond donors (Lipinski definition) is 0. The van der Waals surface area contributed by atoms with Gasteiger partial charge in [0.05, 0.1) is 5.01 Å². The molecule has 1 amide bonds. The fraction of sp³-hybridized carbons (Fsp3) is 0.429. The molecule has 5 nitrogen and oxygen atoms in total. The van der Waals surface area contributed by atoms with Crippen molar-refractivity contribution in [1.29, 1.82) is 0 Å². The first-order valence-corrected chi connectivity index (χ1v) is 7.60. The summed E-state index contributed by atoms with van der Waals surface area (Å²) in [5.74, 6) is 0.544. The van der Waals surface area contributed by atoms with E-state index in [9.17, 15) is 4.79 Å². The highest BCUT2D eigenvalue weighted by Gasteiger charge is 2.28. The van der Waals surface area contributed by atoms with Gasteiger partial charge in [0.25, 0.3) is 5.91 Å². The molecule has 1 unspecified atom stereocenters. The molecule has 0 N–H and O–H groups in total. The quantitative estimate of drug-likeness (QED) is 0.850. The van der Waals surface area contributed by atoms with Crippen molar-refractivity contribution in [2.75, 3.05) is 13.1 Å². The van der Waals surface area contributed by atoms with Crippen LogP contribution in [0.3, 0.4) is 0 Å². The topological polar surface area (TPSA) is 59.0 Å². The van der Waals surface area contributed by atoms with Crippen LogP contribution in [0.15, 0.2) is 23.8 Å². The Bertz CT molecular complexity index is 598. The van der Waals surface area contributed by atoms with Gasteiger partial charge in [-0.25, -0.2) is 15.0 Å². The number of thiazole rings is 1. The third-order valence-electron chi connectivity index (χ3n) is 3.45. The summed E-state index contributed by atoms with van der Waals surface area (Å²) in [6.45, 7) is 3.49. The van der Waals surface area contributed by atoms with Gasteiger partial charge in [-0.15, -0.1) is 11.3 Å². The number of aryl methyl sites for hydroxylation is 1. The molecule has 0 aromatic carbocycles. The van der Waals surface area contributed by atoms with Gasteiger partial charge in [0, 0.05) is 42.5 Å². The van der Waals surface area contributed by atoms with Crippen molar-refractivity contribution in [2.45, 2.75) is 25.7 Å². The number of amides is 1. The van der Waals surface area contributed by atoms with Gasteiger partial charge >= 0.3 is 0 Å². The molecule has 3 rings (SSSR count). The third kappa shape index (κ3) is 2.70. The molecule has 1 aliphatic heterocycles. The molecule has 0 saturated carbocycles. The molecule has 1 atom stereocenters. The van der Waals surface area contributed by atoms with E-state index < -0.39 is 0 Å². The summed E-state index contributed by atoms with van der Waals surface area (Å²) < 4.78 is 0. The van der Waals surface area contributed by atoms with Crippen LogP contribution in [0.25, 0.3) is 0 Å². The Hall–Kier alpha value is -1.82. The van der Waals surface area contributed by atoms with Gasteiger partial charge in [-0.3, -0.25) is 4.79 Å². The van der Waals surface area contributed by atoms with Crippen molar-refractivity contribution in [2.24, 2.45) is 0 Å². The Morgan fingerprint density at radius 3 is 2.90 bits per heavy atom. The molecule has 3 heterocycles. The molecular weight excluding hydrogens is 272 g/mol. The standard InChI is InChI=1S/C14H16N4OS/c1-10-9-20-13(17-10)11-4-2-7-18(8-11)14(19)12-15-5-3-6-16-12/h3,5-6,9,11H,2,4,7-8H2,1H3. The fourth-order valence-electron chi connectivity index (χ4n) is 2.47. The zero-order valence-corrected chi connectivity index (χ0v) is 12.1. The SMILES string of the molecule is Cc1csc(C2CCCN(C(=O)c3ncccn3)C2)n1. The van der Waals surface area contributed by atoms with Crippen LogP contribution in [-0.2, 0) is 0 Å². The largest absolute Gasteiger partial charge is 0.335 e. The zero-order valence-electron chi connectivity index (χ0n) is 11.3. The Morgan fingerprint density at radius 1 is 1.40 bits per heavy atom. The predicted molar refractivity (Wildman–Crippen MR) is 76.8 cm³/mol. The van der Waals surface area contributed by atoms with Crippen molar-refractivity contribution in [3.8, 4) is 0 Å². The van der Waals surface area contributed by atoms with Crippen LogP contribution in [0, 0.1) is 6.92 Å². The molecule has 0 bridgehead atoms. The maximum absolute atomic E-state index is 12.4. The van der Waals surface area contributed by atoms with E-state index in [0.717, 1.165) is 30.1 Å². The maximum Gasteiger partial charge on any atom is 0.291 e. The van der Waals surface area contributed by atoms with E-state index >= 15 is 0 Å². The van der Waals surface area contributed by atoms with Crippen molar-refractivity contribution in [1.82, 2.24) is 19.9 Å². The second kappa shape index (κ2) is 5.66. The number of nitrogens with zero attached hydrogens (tertiary/aromatic N) is 4. The van der Waals surface area contributed by atoms with Crippen molar-refractivity contribution in [3.05, 3.63) is 40.4 Å². The molecule has 1 fully saturated rings. The highest BCUT2D eigenvalue weighted by Crippen LogP contribution is 2.29. The van der Waals surface area contributed by atoms with E-state index in [4.69, 9.17) is 0 Å². The van der Waals surface area contributed by atoms with Crippen molar-refractivity contribution in [3.63, 3.8) is 0 Å². The highest BCUT2D eigenvalue weighted by atomic mass is 32.1. The smallest absolute Gasteiger partial charge is 0.291 e. The lowest BCUT2D eigenvalue weighted by Crippen LogP contribution is -2.39. The molecule has 0 radical (unpaired) electrons. The molecule has 2 aromatic rings. The summed E-state index contributed by atoms with van der Waals surface area (Å²) in [7, 11) is 0. The van der Waals surface area contributed by atoms with Gasteiger partial charge in [0.15, 0.2) is 0 Å². The molecule has 1 saturated heterocycles. The fourth-order valence-corrected chi connectivity index (χ4v) is 3.40. The lowest BCUT2D eigenvalue weighted by atomic mass is 9.98. The maximum atomic E-state index is 12.4. The van der Waals surface area contributed by atoms with E-state index in [1.54, 1.807) is 29.8 Å². The van der Waals surface area contributed by atoms with Gasteiger partial charge in [-0.1, -0.05) is 0 Å². The number of piperidine rings is 1. The molecule has 6 heteroatoms. The van der Waals surface area contributed by atoms with Gasteiger partial charge in [-0.2, -0.15) is 0 Å². The van der Waals surface area contributed by atoms with Crippen molar-refractivity contribution >= 4 is 17.2 Å². The minimum atomic E-state index is -0.0800. The van der Waals surface area contributed by atoms with Gasteiger partial charge in [0.2, 0.25) is 5.82 Å². The first-order chi connectivity index (χ1) is 9.74. The average molecular weight is 288 g/mol. The normalized spacial score (nSPS) is 19.1. The highest BCUT2D eigenvalue weighted by molar-refractivity contribution is 7.09. The summed E-state index contributed by atoms with van der Waals surface area (Å²) in [6.07, 6.45) is 5.30. The summed E-state index contributed by atoms with van der Waals surface area (Å²) in [5, 5.41) is 3.20. The number of aromatic nitrogens is 3. The van der Waals surface area contributed by atoms with Crippen LogP contribution in [-0.4, -0.2) is 38.8 Å². The molecule has 1 aliphatic rings. The van der Waals surface area contributed by atoms with Crippen LogP contribution in [0.5, 0.6) is 0 Å². The molecule has 0 aliphatic carbocycles. The van der Waals surface area contributed by atoms with Crippen molar-refractivity contribution < 1.29 is 4.79 Å². The number of likely N-dealkylation sites (tertiary alicyclic amines) is 1. The minimum Gasteiger partial charge on any atom is -0.335 e. The Labute approximate surface area is 121 Å². The number of rotatable bonds is 2. The summed E-state index contributed by atoms with van der Waals surface area (Å²) in [6, 6.07) is 1.72. The van der Waals surface area contributed by atoms with Gasteiger partial charge in [0.1, 0.15) is 0 Å².